The number of nitrogens with one attached hydrogen (secondary N) is 1. The molecular formula is C17H27N3O. The maximum atomic E-state index is 5.92. The van der Waals surface area contributed by atoms with Gasteiger partial charge in [0, 0.05) is 19.0 Å². The van der Waals surface area contributed by atoms with Crippen molar-refractivity contribution in [3.8, 4) is 5.75 Å². The Labute approximate surface area is 127 Å². The minimum absolute atomic E-state index is 0.478. The molecule has 4 nitrogen and oxygen atoms in total. The van der Waals surface area contributed by atoms with Crippen molar-refractivity contribution in [3.63, 3.8) is 0 Å². The van der Waals surface area contributed by atoms with Gasteiger partial charge in [0.05, 0.1) is 7.11 Å². The molecule has 0 radical (unpaired) electrons. The molecule has 2 rings (SSSR count). The van der Waals surface area contributed by atoms with Crippen LogP contribution in [0.4, 0.5) is 0 Å². The average Bonchev–Trinajstić information content (AvgIpc) is 2.52. The number of aryl methyl sites for hydroxylation is 1. The molecule has 0 aromatic heterocycles. The lowest BCUT2D eigenvalue weighted by Gasteiger charge is -2.24. The number of unbranched alkanes of at least 4 members (excludes halogenated alkanes) is 1. The Hall–Kier alpha value is -1.71. The van der Waals surface area contributed by atoms with Crippen molar-refractivity contribution in [2.75, 3.05) is 20.2 Å². The average molecular weight is 289 g/mol. The summed E-state index contributed by atoms with van der Waals surface area (Å²) >= 11 is 0. The summed E-state index contributed by atoms with van der Waals surface area (Å²) < 4.78 is 5.31. The highest BCUT2D eigenvalue weighted by Gasteiger charge is 2.20. The lowest BCUT2D eigenvalue weighted by molar-refractivity contribution is 0.413. The van der Waals surface area contributed by atoms with E-state index in [1.165, 1.54) is 24.0 Å². The first-order chi connectivity index (χ1) is 10.2. The van der Waals surface area contributed by atoms with Gasteiger partial charge in [-0.15, -0.1) is 0 Å². The molecule has 0 amide bonds. The van der Waals surface area contributed by atoms with Gasteiger partial charge in [-0.2, -0.15) is 0 Å². The number of fused-ring (bicyclic) bond motifs is 1. The fraction of sp³-hybridized carbons (Fsp3) is 0.588. The second-order valence-corrected chi connectivity index (χ2v) is 5.66. The molecule has 3 N–H and O–H groups in total. The van der Waals surface area contributed by atoms with E-state index in [2.05, 4.69) is 29.4 Å². The van der Waals surface area contributed by atoms with Gasteiger partial charge >= 0.3 is 0 Å². The van der Waals surface area contributed by atoms with Crippen molar-refractivity contribution in [1.29, 1.82) is 0 Å². The topological polar surface area (TPSA) is 59.6 Å². The summed E-state index contributed by atoms with van der Waals surface area (Å²) in [5, 5.41) is 3.17. The minimum atomic E-state index is 0.478. The number of nitrogens with two attached hydrogens (primary N) is 1. The zero-order chi connectivity index (χ0) is 15.1. The number of ether oxygens (including phenoxy) is 1. The van der Waals surface area contributed by atoms with Crippen LogP contribution in [0.5, 0.6) is 5.75 Å². The molecule has 0 bridgehead atoms. The normalized spacial score (nSPS) is 18.2. The van der Waals surface area contributed by atoms with Gasteiger partial charge < -0.3 is 15.8 Å². The maximum Gasteiger partial charge on any atom is 0.188 e. The number of guanidine groups is 1. The maximum absolute atomic E-state index is 5.92. The largest absolute Gasteiger partial charge is 0.497 e. The van der Waals surface area contributed by atoms with Gasteiger partial charge in [0.25, 0.3) is 0 Å². The molecule has 0 saturated carbocycles. The van der Waals surface area contributed by atoms with Crippen LogP contribution in [0, 0.1) is 0 Å². The number of benzene rings is 1. The Balaban J connectivity index is 1.98. The predicted molar refractivity (Wildman–Crippen MR) is 88.1 cm³/mol. The first-order valence-corrected chi connectivity index (χ1v) is 7.95. The molecule has 1 aliphatic rings. The molecule has 1 atom stereocenters. The summed E-state index contributed by atoms with van der Waals surface area (Å²) in [5.41, 5.74) is 8.73. The van der Waals surface area contributed by atoms with E-state index in [-0.39, 0.29) is 0 Å². The van der Waals surface area contributed by atoms with Gasteiger partial charge in [0.1, 0.15) is 5.75 Å². The molecular weight excluding hydrogens is 262 g/mol. The molecule has 1 aromatic carbocycles. The molecule has 1 unspecified atom stereocenters. The number of methoxy groups -OCH3 is 1. The van der Waals surface area contributed by atoms with Crippen molar-refractivity contribution in [3.05, 3.63) is 29.3 Å². The zero-order valence-corrected chi connectivity index (χ0v) is 13.2. The lowest BCUT2D eigenvalue weighted by atomic mass is 9.83. The van der Waals surface area contributed by atoms with Crippen molar-refractivity contribution in [1.82, 2.24) is 5.32 Å². The van der Waals surface area contributed by atoms with Gasteiger partial charge in [-0.1, -0.05) is 19.4 Å². The van der Waals surface area contributed by atoms with Crippen molar-refractivity contribution < 1.29 is 4.74 Å². The van der Waals surface area contributed by atoms with Crippen LogP contribution in [0.25, 0.3) is 0 Å². The van der Waals surface area contributed by atoms with Crippen LogP contribution in [0.2, 0.25) is 0 Å². The van der Waals surface area contributed by atoms with E-state index in [9.17, 15) is 0 Å². The SMILES string of the molecule is CCCCNC(N)=NCC1CCCc2cc(OC)ccc21. The quantitative estimate of drug-likeness (QED) is 0.481. The molecule has 1 aromatic rings. The summed E-state index contributed by atoms with van der Waals surface area (Å²) in [6, 6.07) is 6.39. The van der Waals surface area contributed by atoms with Gasteiger partial charge in [-0.05, 0) is 48.9 Å². The summed E-state index contributed by atoms with van der Waals surface area (Å²) in [6.07, 6.45) is 5.83. The lowest BCUT2D eigenvalue weighted by Crippen LogP contribution is -2.33. The van der Waals surface area contributed by atoms with Crippen molar-refractivity contribution >= 4 is 5.96 Å². The smallest absolute Gasteiger partial charge is 0.188 e. The van der Waals surface area contributed by atoms with Crippen molar-refractivity contribution in [2.45, 2.75) is 44.9 Å². The van der Waals surface area contributed by atoms with Crippen LogP contribution in [-0.4, -0.2) is 26.2 Å². The van der Waals surface area contributed by atoms with E-state index in [0.717, 1.165) is 38.1 Å². The van der Waals surface area contributed by atoms with Crippen LogP contribution in [0.1, 0.15) is 49.7 Å². The summed E-state index contributed by atoms with van der Waals surface area (Å²) in [5.74, 6) is 1.99. The monoisotopic (exact) mass is 289 g/mol. The molecule has 0 saturated heterocycles. The zero-order valence-electron chi connectivity index (χ0n) is 13.2. The highest BCUT2D eigenvalue weighted by atomic mass is 16.5. The summed E-state index contributed by atoms with van der Waals surface area (Å²) in [4.78, 5) is 4.51. The highest BCUT2D eigenvalue weighted by Crippen LogP contribution is 2.33. The molecule has 0 heterocycles. The van der Waals surface area contributed by atoms with Crippen LogP contribution < -0.4 is 15.8 Å². The van der Waals surface area contributed by atoms with E-state index in [0.29, 0.717) is 11.9 Å². The molecule has 21 heavy (non-hydrogen) atoms. The van der Waals surface area contributed by atoms with Gasteiger partial charge in [0.15, 0.2) is 5.96 Å². The van der Waals surface area contributed by atoms with E-state index in [1.807, 2.05) is 6.07 Å². The first kappa shape index (κ1) is 15.7. The number of aliphatic imine (C=N–C) groups is 1. The Morgan fingerprint density at radius 1 is 1.48 bits per heavy atom. The number of rotatable bonds is 6. The van der Waals surface area contributed by atoms with Crippen LogP contribution in [-0.2, 0) is 6.42 Å². The third-order valence-corrected chi connectivity index (χ3v) is 4.11. The second-order valence-electron chi connectivity index (χ2n) is 5.66. The molecule has 0 fully saturated rings. The molecule has 1 aliphatic carbocycles. The van der Waals surface area contributed by atoms with Gasteiger partial charge in [-0.3, -0.25) is 4.99 Å². The van der Waals surface area contributed by atoms with Gasteiger partial charge in [-0.25, -0.2) is 0 Å². The Bertz CT molecular complexity index is 485. The van der Waals surface area contributed by atoms with E-state index >= 15 is 0 Å². The van der Waals surface area contributed by atoms with Gasteiger partial charge in [0.2, 0.25) is 0 Å². The fourth-order valence-electron chi connectivity index (χ4n) is 2.87. The summed E-state index contributed by atoms with van der Waals surface area (Å²) in [7, 11) is 1.72. The number of nitrogens with zero attached hydrogens (tertiary/aromatic N) is 1. The molecule has 0 spiro atoms. The number of hydrogen-bond acceptors (Lipinski definition) is 2. The minimum Gasteiger partial charge on any atom is -0.497 e. The fourth-order valence-corrected chi connectivity index (χ4v) is 2.87. The first-order valence-electron chi connectivity index (χ1n) is 7.95. The van der Waals surface area contributed by atoms with Crippen molar-refractivity contribution in [2.24, 2.45) is 10.7 Å². The summed E-state index contributed by atoms with van der Waals surface area (Å²) in [6.45, 7) is 3.84. The molecule has 116 valence electrons. The number of hydrogen-bond donors (Lipinski definition) is 2. The Kier molecular flexibility index (Phi) is 5.90. The van der Waals surface area contributed by atoms with E-state index < -0.39 is 0 Å². The predicted octanol–water partition coefficient (Wildman–Crippen LogP) is 2.82. The van der Waals surface area contributed by atoms with Crippen LogP contribution in [0.15, 0.2) is 23.2 Å². The van der Waals surface area contributed by atoms with E-state index in [4.69, 9.17) is 10.5 Å². The second kappa shape index (κ2) is 7.91. The van der Waals surface area contributed by atoms with Crippen LogP contribution in [0.3, 0.4) is 0 Å². The molecule has 4 heteroatoms. The Morgan fingerprint density at radius 2 is 2.33 bits per heavy atom. The van der Waals surface area contributed by atoms with E-state index in [1.54, 1.807) is 7.11 Å². The third-order valence-electron chi connectivity index (χ3n) is 4.11. The third kappa shape index (κ3) is 4.38. The molecule has 0 aliphatic heterocycles. The standard InChI is InChI=1S/C17H27N3O/c1-3-4-10-19-17(18)20-12-14-7-5-6-13-11-15(21-2)8-9-16(13)14/h8-9,11,14H,3-7,10,12H2,1-2H3,(H3,18,19,20). The van der Waals surface area contributed by atoms with Crippen LogP contribution >= 0.6 is 0 Å². The Morgan fingerprint density at radius 3 is 3.10 bits per heavy atom. The highest BCUT2D eigenvalue weighted by molar-refractivity contribution is 5.77.